The van der Waals surface area contributed by atoms with Crippen molar-refractivity contribution in [1.82, 2.24) is 0 Å². The maximum Gasteiger partial charge on any atom is 0.0273 e. The van der Waals surface area contributed by atoms with Gasteiger partial charge in [-0.3, -0.25) is 0 Å². The first kappa shape index (κ1) is 6.67. The molecule has 0 aliphatic carbocycles. The van der Waals surface area contributed by atoms with Gasteiger partial charge in [0.25, 0.3) is 0 Å². The minimum Gasteiger partial charge on any atom is -0.300 e. The molecule has 7 heavy (non-hydrogen) atoms. The quantitative estimate of drug-likeness (QED) is 0.410. The van der Waals surface area contributed by atoms with Crippen molar-refractivity contribution in [2.75, 3.05) is 7.05 Å². The number of nitrogens with zero attached hydrogens (tertiary/aromatic N) is 1. The summed E-state index contributed by atoms with van der Waals surface area (Å²) < 4.78 is 0. The van der Waals surface area contributed by atoms with Gasteiger partial charge in [0.05, 0.1) is 0 Å². The molecule has 0 N–H and O–H groups in total. The van der Waals surface area contributed by atoms with Crippen LogP contribution in [-0.4, -0.2) is 13.3 Å². The lowest BCUT2D eigenvalue weighted by atomic mass is 9.99. The lowest BCUT2D eigenvalue weighted by Gasteiger charge is -2.08. The molecule has 0 saturated heterocycles. The molecule has 0 atom stereocenters. The highest BCUT2D eigenvalue weighted by Gasteiger charge is 2.02. The van der Waals surface area contributed by atoms with Crippen molar-refractivity contribution in [2.45, 2.75) is 20.8 Å². The highest BCUT2D eigenvalue weighted by atomic mass is 14.6. The SMILES string of the molecule is CN=CC(C)(C)C. The molecule has 1 heteroatoms. The lowest BCUT2D eigenvalue weighted by molar-refractivity contribution is 0.606. The standard InChI is InChI=1S/C6H13N/c1-6(2,3)5-7-4/h5H,1-4H3. The van der Waals surface area contributed by atoms with E-state index in [9.17, 15) is 0 Å². The molecule has 0 aromatic heterocycles. The minimum absolute atomic E-state index is 0.259. The molecule has 0 spiro atoms. The number of aliphatic imine (C=N–C) groups is 1. The van der Waals surface area contributed by atoms with E-state index in [4.69, 9.17) is 0 Å². The maximum atomic E-state index is 3.88. The second-order valence-electron chi connectivity index (χ2n) is 2.75. The highest BCUT2D eigenvalue weighted by molar-refractivity contribution is 5.63. The van der Waals surface area contributed by atoms with E-state index in [2.05, 4.69) is 25.8 Å². The van der Waals surface area contributed by atoms with Gasteiger partial charge in [-0.15, -0.1) is 0 Å². The van der Waals surface area contributed by atoms with Crippen molar-refractivity contribution in [3.8, 4) is 0 Å². The Hall–Kier alpha value is -0.330. The van der Waals surface area contributed by atoms with Gasteiger partial charge in [-0.2, -0.15) is 0 Å². The molecule has 0 rings (SSSR count). The molecule has 0 radical (unpaired) electrons. The van der Waals surface area contributed by atoms with Crippen LogP contribution in [0.25, 0.3) is 0 Å². The summed E-state index contributed by atoms with van der Waals surface area (Å²) >= 11 is 0. The number of hydrogen-bond donors (Lipinski definition) is 0. The van der Waals surface area contributed by atoms with Gasteiger partial charge in [-0.25, -0.2) is 0 Å². The Kier molecular flexibility index (Phi) is 2.00. The Morgan fingerprint density at radius 1 is 1.29 bits per heavy atom. The van der Waals surface area contributed by atoms with E-state index < -0.39 is 0 Å². The van der Waals surface area contributed by atoms with Crippen LogP contribution in [0.5, 0.6) is 0 Å². The summed E-state index contributed by atoms with van der Waals surface area (Å²) in [5.41, 5.74) is 0.259. The van der Waals surface area contributed by atoms with Gasteiger partial charge in [-0.1, -0.05) is 20.8 Å². The smallest absolute Gasteiger partial charge is 0.0273 e. The Labute approximate surface area is 45.5 Å². The lowest BCUT2D eigenvalue weighted by Crippen LogP contribution is -2.05. The second-order valence-corrected chi connectivity index (χ2v) is 2.75. The predicted octanol–water partition coefficient (Wildman–Crippen LogP) is 1.73. The van der Waals surface area contributed by atoms with Crippen molar-refractivity contribution < 1.29 is 0 Å². The molecule has 0 aliphatic rings. The molecule has 42 valence electrons. The van der Waals surface area contributed by atoms with Crippen molar-refractivity contribution in [3.05, 3.63) is 0 Å². The maximum absolute atomic E-state index is 3.88. The van der Waals surface area contributed by atoms with E-state index in [1.54, 1.807) is 7.05 Å². The zero-order valence-corrected chi connectivity index (χ0v) is 5.52. The van der Waals surface area contributed by atoms with E-state index in [1.807, 2.05) is 6.21 Å². The van der Waals surface area contributed by atoms with Gasteiger partial charge in [-0.05, 0) is 5.41 Å². The largest absolute Gasteiger partial charge is 0.300 e. The fourth-order valence-electron chi connectivity index (χ4n) is 0.387. The van der Waals surface area contributed by atoms with E-state index >= 15 is 0 Å². The normalized spacial score (nSPS) is 13.1. The summed E-state index contributed by atoms with van der Waals surface area (Å²) in [5, 5.41) is 0. The summed E-state index contributed by atoms with van der Waals surface area (Å²) in [5.74, 6) is 0. The van der Waals surface area contributed by atoms with E-state index in [0.29, 0.717) is 0 Å². The molecule has 0 aromatic carbocycles. The van der Waals surface area contributed by atoms with E-state index in [1.165, 1.54) is 0 Å². The van der Waals surface area contributed by atoms with E-state index in [0.717, 1.165) is 0 Å². The third-order valence-electron chi connectivity index (χ3n) is 0.516. The molecule has 0 saturated carbocycles. The van der Waals surface area contributed by atoms with Gasteiger partial charge < -0.3 is 4.99 Å². The first-order valence-electron chi connectivity index (χ1n) is 2.49. The first-order chi connectivity index (χ1) is 3.06. The molecule has 0 aromatic rings. The second kappa shape index (κ2) is 2.10. The first-order valence-corrected chi connectivity index (χ1v) is 2.49. The molecule has 0 fully saturated rings. The zero-order valence-electron chi connectivity index (χ0n) is 5.52. The van der Waals surface area contributed by atoms with Crippen LogP contribution >= 0.6 is 0 Å². The Balaban J connectivity index is 3.56. The molecule has 0 bridgehead atoms. The van der Waals surface area contributed by atoms with Gasteiger partial charge in [0.1, 0.15) is 0 Å². The van der Waals surface area contributed by atoms with Crippen LogP contribution in [0.1, 0.15) is 20.8 Å². The zero-order chi connectivity index (χ0) is 5.91. The molecule has 0 unspecified atom stereocenters. The Morgan fingerprint density at radius 2 is 1.71 bits per heavy atom. The average Bonchev–Trinajstić information content (AvgIpc) is 1.30. The summed E-state index contributed by atoms with van der Waals surface area (Å²) in [7, 11) is 1.80. The summed E-state index contributed by atoms with van der Waals surface area (Å²) in [4.78, 5) is 3.88. The van der Waals surface area contributed by atoms with Gasteiger partial charge in [0, 0.05) is 13.3 Å². The van der Waals surface area contributed by atoms with Crippen LogP contribution < -0.4 is 0 Å². The van der Waals surface area contributed by atoms with Crippen molar-refractivity contribution in [2.24, 2.45) is 10.4 Å². The Bertz CT molecular complexity index is 66.7. The monoisotopic (exact) mass is 99.1 g/mol. The van der Waals surface area contributed by atoms with Crippen LogP contribution in [0.3, 0.4) is 0 Å². The van der Waals surface area contributed by atoms with Crippen LogP contribution in [-0.2, 0) is 0 Å². The van der Waals surface area contributed by atoms with Gasteiger partial charge in [0.15, 0.2) is 0 Å². The number of rotatable bonds is 0. The van der Waals surface area contributed by atoms with Gasteiger partial charge >= 0.3 is 0 Å². The minimum atomic E-state index is 0.259. The molecular weight excluding hydrogens is 86.1 g/mol. The van der Waals surface area contributed by atoms with Crippen molar-refractivity contribution in [1.29, 1.82) is 0 Å². The predicted molar refractivity (Wildman–Crippen MR) is 33.9 cm³/mol. The van der Waals surface area contributed by atoms with E-state index in [-0.39, 0.29) is 5.41 Å². The van der Waals surface area contributed by atoms with Crippen molar-refractivity contribution in [3.63, 3.8) is 0 Å². The Morgan fingerprint density at radius 3 is 1.71 bits per heavy atom. The fraction of sp³-hybridized carbons (Fsp3) is 0.833. The van der Waals surface area contributed by atoms with Crippen LogP contribution in [0.2, 0.25) is 0 Å². The highest BCUT2D eigenvalue weighted by Crippen LogP contribution is 2.07. The van der Waals surface area contributed by atoms with Crippen molar-refractivity contribution >= 4 is 6.21 Å². The topological polar surface area (TPSA) is 12.4 Å². The third-order valence-corrected chi connectivity index (χ3v) is 0.516. The third kappa shape index (κ3) is 5.67. The van der Waals surface area contributed by atoms with Crippen LogP contribution in [0, 0.1) is 5.41 Å². The average molecular weight is 99.2 g/mol. The van der Waals surface area contributed by atoms with Crippen LogP contribution in [0.4, 0.5) is 0 Å². The summed E-state index contributed by atoms with van der Waals surface area (Å²) in [6.07, 6.45) is 1.94. The molecular formula is C6H13N. The summed E-state index contributed by atoms with van der Waals surface area (Å²) in [6.45, 7) is 6.38. The number of hydrogen-bond acceptors (Lipinski definition) is 1. The summed E-state index contributed by atoms with van der Waals surface area (Å²) in [6, 6.07) is 0. The van der Waals surface area contributed by atoms with Crippen LogP contribution in [0.15, 0.2) is 4.99 Å². The molecule has 0 amide bonds. The van der Waals surface area contributed by atoms with Gasteiger partial charge in [0.2, 0.25) is 0 Å². The molecule has 1 nitrogen and oxygen atoms in total. The fourth-order valence-corrected chi connectivity index (χ4v) is 0.387. The molecule has 0 heterocycles. The molecule has 0 aliphatic heterocycles.